The number of hydrogen-bond acceptors (Lipinski definition) is 2. The van der Waals surface area contributed by atoms with Crippen molar-refractivity contribution in [3.05, 3.63) is 0 Å². The molecule has 0 bridgehead atoms. The second kappa shape index (κ2) is 5.11. The summed E-state index contributed by atoms with van der Waals surface area (Å²) in [6.45, 7) is 3.06. The lowest BCUT2D eigenvalue weighted by atomic mass is 9.78. The first kappa shape index (κ1) is 11.1. The van der Waals surface area contributed by atoms with Gasteiger partial charge in [-0.05, 0) is 38.0 Å². The molecule has 1 aliphatic heterocycles. The number of Topliss-reactive ketones (excluding diaryl/α,β-unsaturated/α-hetero) is 1. The summed E-state index contributed by atoms with van der Waals surface area (Å²) >= 11 is 0. The van der Waals surface area contributed by atoms with Crippen LogP contribution in [0.25, 0.3) is 0 Å². The first-order valence-electron chi connectivity index (χ1n) is 6.42. The van der Waals surface area contributed by atoms with E-state index in [2.05, 4.69) is 6.92 Å². The highest BCUT2D eigenvalue weighted by Gasteiger charge is 2.31. The van der Waals surface area contributed by atoms with Crippen LogP contribution in [0.5, 0.6) is 0 Å². The van der Waals surface area contributed by atoms with Crippen LogP contribution in [-0.4, -0.2) is 18.5 Å². The van der Waals surface area contributed by atoms with Gasteiger partial charge in [-0.2, -0.15) is 0 Å². The fraction of sp³-hybridized carbons (Fsp3) is 0.923. The standard InChI is InChI=1S/C13H22O2/c1-10-5-4-6-11(9-10)13(14)12-7-2-3-8-15-12/h10-12H,2-9H2,1H3. The van der Waals surface area contributed by atoms with Crippen molar-refractivity contribution in [2.24, 2.45) is 11.8 Å². The van der Waals surface area contributed by atoms with Gasteiger partial charge in [-0.3, -0.25) is 4.79 Å². The minimum absolute atomic E-state index is 0.0611. The smallest absolute Gasteiger partial charge is 0.164 e. The van der Waals surface area contributed by atoms with Crippen LogP contribution in [0.4, 0.5) is 0 Å². The highest BCUT2D eigenvalue weighted by atomic mass is 16.5. The maximum atomic E-state index is 12.2. The number of hydrogen-bond donors (Lipinski definition) is 0. The zero-order chi connectivity index (χ0) is 10.7. The Bertz CT molecular complexity index is 219. The van der Waals surface area contributed by atoms with Crippen LogP contribution in [0.1, 0.15) is 51.9 Å². The van der Waals surface area contributed by atoms with Crippen molar-refractivity contribution in [3.8, 4) is 0 Å². The summed E-state index contributed by atoms with van der Waals surface area (Å²) in [4.78, 5) is 12.2. The van der Waals surface area contributed by atoms with Gasteiger partial charge < -0.3 is 4.74 Å². The molecular formula is C13H22O2. The largest absolute Gasteiger partial charge is 0.370 e. The molecule has 2 fully saturated rings. The second-order valence-corrected chi connectivity index (χ2v) is 5.23. The molecule has 0 radical (unpaired) electrons. The van der Waals surface area contributed by atoms with Crippen molar-refractivity contribution in [2.75, 3.05) is 6.61 Å². The van der Waals surface area contributed by atoms with E-state index in [0.717, 1.165) is 38.2 Å². The molecule has 2 aliphatic rings. The van der Waals surface area contributed by atoms with Crippen LogP contribution in [0, 0.1) is 11.8 Å². The normalized spacial score (nSPS) is 37.5. The molecule has 2 nitrogen and oxygen atoms in total. The quantitative estimate of drug-likeness (QED) is 0.700. The third kappa shape index (κ3) is 2.81. The molecule has 2 heteroatoms. The maximum absolute atomic E-state index is 12.2. The van der Waals surface area contributed by atoms with Gasteiger partial charge in [-0.1, -0.05) is 19.8 Å². The zero-order valence-corrected chi connectivity index (χ0v) is 9.71. The van der Waals surface area contributed by atoms with E-state index in [1.807, 2.05) is 0 Å². The summed E-state index contributed by atoms with van der Waals surface area (Å²) in [6.07, 6.45) is 7.92. The molecule has 2 rings (SSSR count). The summed E-state index contributed by atoms with van der Waals surface area (Å²) in [5.41, 5.74) is 0. The van der Waals surface area contributed by atoms with E-state index in [1.54, 1.807) is 0 Å². The Morgan fingerprint density at radius 1 is 1.13 bits per heavy atom. The van der Waals surface area contributed by atoms with Gasteiger partial charge in [-0.25, -0.2) is 0 Å². The van der Waals surface area contributed by atoms with Crippen molar-refractivity contribution in [3.63, 3.8) is 0 Å². The SMILES string of the molecule is CC1CCCC(C(=O)C2CCCCO2)C1. The maximum Gasteiger partial charge on any atom is 0.164 e. The number of ether oxygens (including phenoxy) is 1. The summed E-state index contributed by atoms with van der Waals surface area (Å²) in [5.74, 6) is 1.44. The molecule has 0 aromatic rings. The fourth-order valence-electron chi connectivity index (χ4n) is 2.92. The van der Waals surface area contributed by atoms with Crippen LogP contribution >= 0.6 is 0 Å². The molecule has 1 saturated heterocycles. The predicted molar refractivity (Wildman–Crippen MR) is 59.7 cm³/mol. The average Bonchev–Trinajstić information content (AvgIpc) is 2.29. The fourth-order valence-corrected chi connectivity index (χ4v) is 2.92. The molecule has 0 aromatic carbocycles. The number of rotatable bonds is 2. The van der Waals surface area contributed by atoms with Crippen molar-refractivity contribution < 1.29 is 9.53 Å². The number of ketones is 1. The van der Waals surface area contributed by atoms with Gasteiger partial charge in [0.25, 0.3) is 0 Å². The predicted octanol–water partition coefficient (Wildman–Crippen LogP) is 2.95. The van der Waals surface area contributed by atoms with Gasteiger partial charge in [0.1, 0.15) is 6.10 Å². The first-order chi connectivity index (χ1) is 7.27. The molecular weight excluding hydrogens is 188 g/mol. The minimum atomic E-state index is -0.0611. The van der Waals surface area contributed by atoms with E-state index in [4.69, 9.17) is 4.74 Å². The molecule has 1 saturated carbocycles. The van der Waals surface area contributed by atoms with Crippen molar-refractivity contribution >= 4 is 5.78 Å². The van der Waals surface area contributed by atoms with E-state index in [1.165, 1.54) is 19.3 Å². The molecule has 0 amide bonds. The van der Waals surface area contributed by atoms with Crippen LogP contribution in [0.15, 0.2) is 0 Å². The van der Waals surface area contributed by atoms with Gasteiger partial charge >= 0.3 is 0 Å². The van der Waals surface area contributed by atoms with Crippen molar-refractivity contribution in [2.45, 2.75) is 58.0 Å². The monoisotopic (exact) mass is 210 g/mol. The lowest BCUT2D eigenvalue weighted by Crippen LogP contribution is -2.35. The lowest BCUT2D eigenvalue weighted by molar-refractivity contribution is -0.138. The van der Waals surface area contributed by atoms with Crippen LogP contribution in [-0.2, 0) is 9.53 Å². The van der Waals surface area contributed by atoms with Crippen molar-refractivity contribution in [1.82, 2.24) is 0 Å². The third-order valence-electron chi connectivity index (χ3n) is 3.84. The molecule has 1 heterocycles. The summed E-state index contributed by atoms with van der Waals surface area (Å²) < 4.78 is 5.58. The molecule has 0 spiro atoms. The Kier molecular flexibility index (Phi) is 3.79. The lowest BCUT2D eigenvalue weighted by Gasteiger charge is -2.30. The highest BCUT2D eigenvalue weighted by molar-refractivity contribution is 5.85. The van der Waals surface area contributed by atoms with Gasteiger partial charge in [0.05, 0.1) is 0 Å². The van der Waals surface area contributed by atoms with Crippen LogP contribution in [0.3, 0.4) is 0 Å². The molecule has 86 valence electrons. The van der Waals surface area contributed by atoms with Gasteiger partial charge in [0.15, 0.2) is 5.78 Å². The Morgan fingerprint density at radius 3 is 2.67 bits per heavy atom. The van der Waals surface area contributed by atoms with Crippen LogP contribution in [0.2, 0.25) is 0 Å². The molecule has 0 N–H and O–H groups in total. The summed E-state index contributed by atoms with van der Waals surface area (Å²) in [7, 11) is 0. The van der Waals surface area contributed by atoms with Gasteiger partial charge in [0, 0.05) is 12.5 Å². The molecule has 1 aliphatic carbocycles. The Hall–Kier alpha value is -0.370. The molecule has 0 aromatic heterocycles. The summed E-state index contributed by atoms with van der Waals surface area (Å²) in [5, 5.41) is 0. The van der Waals surface area contributed by atoms with Crippen molar-refractivity contribution in [1.29, 1.82) is 0 Å². The van der Waals surface area contributed by atoms with E-state index in [-0.39, 0.29) is 6.10 Å². The highest BCUT2D eigenvalue weighted by Crippen LogP contribution is 2.31. The Labute approximate surface area is 92.4 Å². The van der Waals surface area contributed by atoms with Crippen LogP contribution < -0.4 is 0 Å². The van der Waals surface area contributed by atoms with Gasteiger partial charge in [0.2, 0.25) is 0 Å². The number of carbonyl (C=O) groups is 1. The molecule has 15 heavy (non-hydrogen) atoms. The average molecular weight is 210 g/mol. The van der Waals surface area contributed by atoms with E-state index in [0.29, 0.717) is 11.7 Å². The third-order valence-corrected chi connectivity index (χ3v) is 3.84. The first-order valence-corrected chi connectivity index (χ1v) is 6.42. The van der Waals surface area contributed by atoms with E-state index >= 15 is 0 Å². The molecule has 3 unspecified atom stereocenters. The van der Waals surface area contributed by atoms with Gasteiger partial charge in [-0.15, -0.1) is 0 Å². The molecule has 3 atom stereocenters. The van der Waals surface area contributed by atoms with E-state index in [9.17, 15) is 4.79 Å². The second-order valence-electron chi connectivity index (χ2n) is 5.23. The Morgan fingerprint density at radius 2 is 2.00 bits per heavy atom. The summed E-state index contributed by atoms with van der Waals surface area (Å²) in [6, 6.07) is 0. The number of carbonyl (C=O) groups excluding carboxylic acids is 1. The van der Waals surface area contributed by atoms with E-state index < -0.39 is 0 Å². The Balaban J connectivity index is 1.88. The minimum Gasteiger partial charge on any atom is -0.370 e. The zero-order valence-electron chi connectivity index (χ0n) is 9.71. The topological polar surface area (TPSA) is 26.3 Å².